The van der Waals surface area contributed by atoms with Crippen LogP contribution in [0.5, 0.6) is 0 Å². The molecule has 0 fully saturated rings. The summed E-state index contributed by atoms with van der Waals surface area (Å²) in [6, 6.07) is 0. The van der Waals surface area contributed by atoms with Gasteiger partial charge in [0, 0.05) is 5.57 Å². The third-order valence-electron chi connectivity index (χ3n) is 0.534. The van der Waals surface area contributed by atoms with Crippen LogP contribution in [0, 0.1) is 10.8 Å². The number of isocyanates is 2. The van der Waals surface area contributed by atoms with E-state index in [2.05, 4.69) is 11.3 Å². The third kappa shape index (κ3) is 198. The Labute approximate surface area is 119 Å². The van der Waals surface area contributed by atoms with Crippen molar-refractivity contribution in [2.45, 2.75) is 51.5 Å². The van der Waals surface area contributed by atoms with Crippen molar-refractivity contribution in [3.63, 3.8) is 0 Å². The second-order valence-electron chi connectivity index (χ2n) is 1.48. The van der Waals surface area contributed by atoms with Gasteiger partial charge in [0.1, 0.15) is 0 Å². The predicted molar refractivity (Wildman–Crippen MR) is 84.0 cm³/mol. The van der Waals surface area contributed by atoms with E-state index in [0.717, 1.165) is 12.2 Å². The Bertz CT molecular complexity index is 215. The molecule has 0 atom stereocenters. The van der Waals surface area contributed by atoms with E-state index in [0.29, 0.717) is 5.57 Å². The zero-order valence-electron chi connectivity index (χ0n) is 7.34. The smallest absolute Gasteiger partial charge is 0.332 e. The fourth-order valence-electron chi connectivity index (χ4n) is 0.174. The van der Waals surface area contributed by atoms with Gasteiger partial charge in [0.25, 0.3) is 0 Å². The van der Waals surface area contributed by atoms with Crippen LogP contribution in [-0.4, -0.2) is 25.2 Å². The number of hydrogen-bond donors (Lipinski definition) is 2. The molecule has 0 heterocycles. The summed E-state index contributed by atoms with van der Waals surface area (Å²) in [4.78, 5) is 26.9. The Balaban J connectivity index is -0.0000000107. The van der Waals surface area contributed by atoms with Gasteiger partial charge in [-0.3, -0.25) is 0 Å². The van der Waals surface area contributed by atoms with Crippen molar-refractivity contribution >= 4 is 18.1 Å². The van der Waals surface area contributed by atoms with E-state index >= 15 is 0 Å². The van der Waals surface area contributed by atoms with Gasteiger partial charge < -0.3 is 4.74 Å². The largest absolute Gasteiger partial charge is 0.466 e. The Hall–Kier alpha value is -2.03. The second kappa shape index (κ2) is 73.7. The highest BCUT2D eigenvalue weighted by atomic mass is 16.5. The Morgan fingerprint density at radius 1 is 0.947 bits per heavy atom. The number of hydrogen-bond acceptors (Lipinski definition) is 6. The number of methoxy groups -OCH3 is 1. The molecule has 0 saturated heterocycles. The summed E-state index contributed by atoms with van der Waals surface area (Å²) in [6.07, 6.45) is 1.50. The van der Waals surface area contributed by atoms with Gasteiger partial charge >= 0.3 is 5.97 Å². The maximum Gasteiger partial charge on any atom is 0.332 e. The minimum Gasteiger partial charge on any atom is -0.466 e. The van der Waals surface area contributed by atoms with Gasteiger partial charge in [-0.1, -0.05) is 51.1 Å². The first-order chi connectivity index (χ1) is 6.01. The average Bonchev–Trinajstić information content (AvgIpc) is 2.05. The van der Waals surface area contributed by atoms with Gasteiger partial charge in [-0.05, 0) is 6.92 Å². The topological polar surface area (TPSA) is 108 Å². The van der Waals surface area contributed by atoms with Crippen LogP contribution in [0.2, 0.25) is 0 Å². The molecule has 0 spiro atoms. The minimum absolute atomic E-state index is 0. The monoisotopic (exact) mass is 282 g/mol. The molecule has 0 saturated carbocycles. The molecular weight excluding hydrogens is 248 g/mol. The molecule has 0 unspecified atom stereocenters. The first-order valence-corrected chi connectivity index (χ1v) is 2.83. The van der Waals surface area contributed by atoms with Crippen LogP contribution in [0.15, 0.2) is 12.2 Å². The molecule has 0 aliphatic rings. The molecule has 6 nitrogen and oxygen atoms in total. The van der Waals surface area contributed by atoms with Crippen molar-refractivity contribution in [3.8, 4) is 0 Å². The first-order valence-electron chi connectivity index (χ1n) is 2.83. The van der Waals surface area contributed by atoms with Crippen LogP contribution in [0.4, 0.5) is 0 Å². The van der Waals surface area contributed by atoms with E-state index in [1.807, 2.05) is 0 Å². The van der Waals surface area contributed by atoms with Gasteiger partial charge in [0.05, 0.1) is 7.11 Å². The van der Waals surface area contributed by atoms with Gasteiger partial charge in [0.2, 0.25) is 12.2 Å². The molecule has 19 heavy (non-hydrogen) atoms. The summed E-state index contributed by atoms with van der Waals surface area (Å²) in [7, 11) is 1.33. The highest BCUT2D eigenvalue weighted by Gasteiger charge is 1.95. The molecule has 0 rings (SSSR count). The molecule has 0 aromatic heterocycles. The van der Waals surface area contributed by atoms with Gasteiger partial charge in [-0.2, -0.15) is 0 Å². The maximum atomic E-state index is 10.2. The van der Waals surface area contributed by atoms with Crippen molar-refractivity contribution in [3.05, 3.63) is 12.2 Å². The number of carbonyl (C=O) groups is 1. The maximum absolute atomic E-state index is 10.2. The Morgan fingerprint density at radius 3 is 1.11 bits per heavy atom. The van der Waals surface area contributed by atoms with E-state index in [1.54, 1.807) is 6.92 Å². The number of carbonyl (C=O) groups excluding carboxylic acids is 3. The summed E-state index contributed by atoms with van der Waals surface area (Å²) in [6.45, 7) is 4.95. The summed E-state index contributed by atoms with van der Waals surface area (Å²) in [5.41, 5.74) is 0.433. The summed E-state index contributed by atoms with van der Waals surface area (Å²) < 4.78 is 4.27. The van der Waals surface area contributed by atoms with Crippen LogP contribution in [0.1, 0.15) is 51.5 Å². The normalized spacial score (nSPS) is 3.68. The number of nitrogens with one attached hydrogen (secondary N) is 2. The van der Waals surface area contributed by atoms with Crippen molar-refractivity contribution in [1.29, 1.82) is 10.8 Å². The standard InChI is InChI=1S/C5H8O2.2CHNO.6CH4/c1-4(2)5(6)7-3;2*2-1-3;;;;;;/h1H2,2-3H3;2*2H;6*1H4. The average molecular weight is 282 g/mol. The quantitative estimate of drug-likeness (QED) is 0.322. The highest BCUT2D eigenvalue weighted by molar-refractivity contribution is 5.86. The lowest BCUT2D eigenvalue weighted by atomic mass is 10.4. The molecular formula is C13H34N2O4. The lowest BCUT2D eigenvalue weighted by Crippen LogP contribution is -1.98. The van der Waals surface area contributed by atoms with E-state index < -0.39 is 0 Å². The Morgan fingerprint density at radius 2 is 1.11 bits per heavy atom. The summed E-state index contributed by atoms with van der Waals surface area (Å²) in [5.74, 6) is -0.347. The predicted octanol–water partition coefficient (Wildman–Crippen LogP) is 4.35. The zero-order chi connectivity index (χ0) is 11.3. The van der Waals surface area contributed by atoms with E-state index in [4.69, 9.17) is 20.4 Å². The molecule has 6 heteroatoms. The molecule has 0 aromatic rings. The van der Waals surface area contributed by atoms with E-state index in [9.17, 15) is 4.79 Å². The van der Waals surface area contributed by atoms with E-state index in [-0.39, 0.29) is 50.5 Å². The Kier molecular flexibility index (Phi) is 264. The number of ether oxygens (including phenoxy) is 1. The molecule has 0 bridgehead atoms. The first kappa shape index (κ1) is 68.1. The summed E-state index contributed by atoms with van der Waals surface area (Å²) in [5, 5.41) is 10.8. The van der Waals surface area contributed by atoms with Crippen molar-refractivity contribution < 1.29 is 19.1 Å². The van der Waals surface area contributed by atoms with Crippen LogP contribution in [0.25, 0.3) is 0 Å². The highest BCUT2D eigenvalue weighted by Crippen LogP contribution is 1.87. The molecule has 120 valence electrons. The SMILES string of the molecule is C.C.C.C.C.C.C=C(C)C(=O)OC.N=C=O.N=C=O. The van der Waals surface area contributed by atoms with Crippen LogP contribution < -0.4 is 0 Å². The van der Waals surface area contributed by atoms with Gasteiger partial charge in [-0.25, -0.2) is 25.2 Å². The zero-order valence-corrected chi connectivity index (χ0v) is 7.34. The fourth-order valence-corrected chi connectivity index (χ4v) is 0.174. The van der Waals surface area contributed by atoms with Crippen molar-refractivity contribution in [1.82, 2.24) is 0 Å². The molecule has 0 amide bonds. The molecule has 0 aromatic carbocycles. The molecule has 0 aliphatic heterocycles. The van der Waals surface area contributed by atoms with Crippen LogP contribution >= 0.6 is 0 Å². The third-order valence-corrected chi connectivity index (χ3v) is 0.534. The van der Waals surface area contributed by atoms with E-state index in [1.165, 1.54) is 7.11 Å². The number of rotatable bonds is 1. The lowest BCUT2D eigenvalue weighted by Gasteiger charge is -1.91. The fraction of sp³-hybridized carbons (Fsp3) is 0.615. The molecule has 0 radical (unpaired) electrons. The molecule has 0 aliphatic carbocycles. The van der Waals surface area contributed by atoms with Crippen molar-refractivity contribution in [2.75, 3.05) is 7.11 Å². The number of esters is 1. The minimum atomic E-state index is -0.347. The second-order valence-corrected chi connectivity index (χ2v) is 1.48. The van der Waals surface area contributed by atoms with Gasteiger partial charge in [0.15, 0.2) is 0 Å². The lowest BCUT2D eigenvalue weighted by molar-refractivity contribution is -0.136. The molecule has 2 N–H and O–H groups in total. The van der Waals surface area contributed by atoms with Crippen molar-refractivity contribution in [2.24, 2.45) is 0 Å². The summed E-state index contributed by atoms with van der Waals surface area (Å²) >= 11 is 0. The van der Waals surface area contributed by atoms with Crippen LogP contribution in [0.3, 0.4) is 0 Å². The van der Waals surface area contributed by atoms with Gasteiger partial charge in [-0.15, -0.1) is 0 Å². The van der Waals surface area contributed by atoms with Crippen LogP contribution in [-0.2, 0) is 19.1 Å².